The van der Waals surface area contributed by atoms with Crippen molar-refractivity contribution in [3.63, 3.8) is 0 Å². The lowest BCUT2D eigenvalue weighted by atomic mass is 9.85. The predicted octanol–water partition coefficient (Wildman–Crippen LogP) is 12.1. The molecule has 2 heteroatoms. The van der Waals surface area contributed by atoms with E-state index in [1.165, 1.54) is 22.3 Å². The van der Waals surface area contributed by atoms with Crippen LogP contribution in [0, 0.1) is 0 Å². The third-order valence-electron chi connectivity index (χ3n) is 8.48. The molecule has 1 heterocycles. The van der Waals surface area contributed by atoms with Crippen LogP contribution in [0.4, 0.5) is 17.1 Å². The SMILES string of the molecule is c1ccc(C(=C(c2ccccc2)c2ccccc2N(c2ccccc2)c2ccc3oc4ccccc4c3c2)c2ccccc2)cc1. The summed E-state index contributed by atoms with van der Waals surface area (Å²) >= 11 is 0. The molecule has 2 nitrogen and oxygen atoms in total. The lowest BCUT2D eigenvalue weighted by Gasteiger charge is -2.29. The molecule has 0 aliphatic heterocycles. The number of anilines is 3. The largest absolute Gasteiger partial charge is 0.456 e. The van der Waals surface area contributed by atoms with E-state index >= 15 is 0 Å². The van der Waals surface area contributed by atoms with Crippen molar-refractivity contribution in [2.24, 2.45) is 0 Å². The van der Waals surface area contributed by atoms with Gasteiger partial charge in [0.15, 0.2) is 0 Å². The summed E-state index contributed by atoms with van der Waals surface area (Å²) in [5, 5.41) is 2.21. The maximum atomic E-state index is 6.22. The maximum Gasteiger partial charge on any atom is 0.135 e. The second-order valence-electron chi connectivity index (χ2n) is 11.3. The monoisotopic (exact) mass is 589 g/mol. The maximum absolute atomic E-state index is 6.22. The molecule has 0 amide bonds. The minimum absolute atomic E-state index is 0.881. The van der Waals surface area contributed by atoms with Crippen LogP contribution in [0.25, 0.3) is 33.1 Å². The minimum atomic E-state index is 0.881. The van der Waals surface area contributed by atoms with Gasteiger partial charge in [0.2, 0.25) is 0 Å². The Morgan fingerprint density at radius 2 is 0.870 bits per heavy atom. The molecule has 0 saturated heterocycles. The first-order valence-electron chi connectivity index (χ1n) is 15.6. The summed E-state index contributed by atoms with van der Waals surface area (Å²) in [4.78, 5) is 2.37. The van der Waals surface area contributed by atoms with E-state index in [1.54, 1.807) is 0 Å². The molecule has 0 saturated carbocycles. The normalized spacial score (nSPS) is 11.0. The molecule has 0 fully saturated rings. The van der Waals surface area contributed by atoms with E-state index in [0.717, 1.165) is 50.1 Å². The summed E-state index contributed by atoms with van der Waals surface area (Å²) in [6.07, 6.45) is 0. The van der Waals surface area contributed by atoms with E-state index in [1.807, 2.05) is 12.1 Å². The summed E-state index contributed by atoms with van der Waals surface area (Å²) in [6.45, 7) is 0. The minimum Gasteiger partial charge on any atom is -0.456 e. The number of nitrogens with zero attached hydrogens (tertiary/aromatic N) is 1. The highest BCUT2D eigenvalue weighted by Crippen LogP contribution is 2.45. The van der Waals surface area contributed by atoms with Crippen molar-refractivity contribution in [1.29, 1.82) is 0 Å². The van der Waals surface area contributed by atoms with Crippen LogP contribution in [0.1, 0.15) is 22.3 Å². The molecule has 0 unspecified atom stereocenters. The van der Waals surface area contributed by atoms with E-state index in [0.29, 0.717) is 0 Å². The number of fused-ring (bicyclic) bond motifs is 3. The van der Waals surface area contributed by atoms with Crippen molar-refractivity contribution in [2.45, 2.75) is 0 Å². The fraction of sp³-hybridized carbons (Fsp3) is 0. The molecule has 1 aromatic heterocycles. The summed E-state index contributed by atoms with van der Waals surface area (Å²) < 4.78 is 6.22. The predicted molar refractivity (Wildman–Crippen MR) is 193 cm³/mol. The van der Waals surface area contributed by atoms with Crippen LogP contribution >= 0.6 is 0 Å². The molecule has 0 radical (unpaired) electrons. The second-order valence-corrected chi connectivity index (χ2v) is 11.3. The topological polar surface area (TPSA) is 16.4 Å². The third-order valence-corrected chi connectivity index (χ3v) is 8.48. The molecular formula is C44H31NO. The van der Waals surface area contributed by atoms with Gasteiger partial charge in [-0.25, -0.2) is 0 Å². The highest BCUT2D eigenvalue weighted by atomic mass is 16.3. The van der Waals surface area contributed by atoms with Crippen LogP contribution < -0.4 is 4.90 Å². The summed E-state index contributed by atoms with van der Waals surface area (Å²) in [5.74, 6) is 0. The van der Waals surface area contributed by atoms with Gasteiger partial charge in [-0.15, -0.1) is 0 Å². The van der Waals surface area contributed by atoms with Crippen molar-refractivity contribution in [3.05, 3.63) is 210 Å². The molecule has 0 atom stereocenters. The van der Waals surface area contributed by atoms with Crippen LogP contribution in [0.2, 0.25) is 0 Å². The Hall–Kier alpha value is -6.12. The van der Waals surface area contributed by atoms with E-state index in [2.05, 4.69) is 181 Å². The van der Waals surface area contributed by atoms with Crippen LogP contribution in [0.3, 0.4) is 0 Å². The molecule has 46 heavy (non-hydrogen) atoms. The molecule has 8 aromatic rings. The Labute approximate surface area is 269 Å². The Kier molecular flexibility index (Phi) is 7.22. The van der Waals surface area contributed by atoms with Gasteiger partial charge >= 0.3 is 0 Å². The van der Waals surface area contributed by atoms with Crippen molar-refractivity contribution < 1.29 is 4.42 Å². The average Bonchev–Trinajstić information content (AvgIpc) is 3.51. The molecule has 218 valence electrons. The van der Waals surface area contributed by atoms with E-state index in [-0.39, 0.29) is 0 Å². The van der Waals surface area contributed by atoms with Gasteiger partial charge in [0, 0.05) is 27.7 Å². The van der Waals surface area contributed by atoms with E-state index in [9.17, 15) is 0 Å². The average molecular weight is 590 g/mol. The van der Waals surface area contributed by atoms with Crippen LogP contribution in [0.5, 0.6) is 0 Å². The summed E-state index contributed by atoms with van der Waals surface area (Å²) in [7, 11) is 0. The fourth-order valence-corrected chi connectivity index (χ4v) is 6.44. The van der Waals surface area contributed by atoms with E-state index in [4.69, 9.17) is 4.42 Å². The van der Waals surface area contributed by atoms with Gasteiger partial charge in [-0.1, -0.05) is 146 Å². The Balaban J connectivity index is 1.45. The molecule has 0 aliphatic carbocycles. The molecule has 8 rings (SSSR count). The van der Waals surface area contributed by atoms with E-state index < -0.39 is 0 Å². The van der Waals surface area contributed by atoms with Crippen molar-refractivity contribution in [2.75, 3.05) is 4.90 Å². The Bertz CT molecular complexity index is 2240. The zero-order valence-corrected chi connectivity index (χ0v) is 25.3. The quantitative estimate of drug-likeness (QED) is 0.172. The van der Waals surface area contributed by atoms with Gasteiger partial charge < -0.3 is 9.32 Å². The fourth-order valence-electron chi connectivity index (χ4n) is 6.44. The van der Waals surface area contributed by atoms with Crippen molar-refractivity contribution in [3.8, 4) is 0 Å². The molecule has 0 aliphatic rings. The zero-order chi connectivity index (χ0) is 30.7. The number of hydrogen-bond donors (Lipinski definition) is 0. The third kappa shape index (κ3) is 5.06. The smallest absolute Gasteiger partial charge is 0.135 e. The van der Waals surface area contributed by atoms with Gasteiger partial charge in [0.05, 0.1) is 5.69 Å². The summed E-state index contributed by atoms with van der Waals surface area (Å²) in [6, 6.07) is 66.4. The van der Waals surface area contributed by atoms with Gasteiger partial charge in [0.25, 0.3) is 0 Å². The highest BCUT2D eigenvalue weighted by molar-refractivity contribution is 6.09. The van der Waals surface area contributed by atoms with Gasteiger partial charge in [-0.2, -0.15) is 0 Å². The van der Waals surface area contributed by atoms with Crippen molar-refractivity contribution in [1.82, 2.24) is 0 Å². The number of benzene rings is 7. The highest BCUT2D eigenvalue weighted by Gasteiger charge is 2.23. The molecule has 7 aromatic carbocycles. The lowest BCUT2D eigenvalue weighted by Crippen LogP contribution is -2.12. The number of furan rings is 1. The lowest BCUT2D eigenvalue weighted by molar-refractivity contribution is 0.669. The zero-order valence-electron chi connectivity index (χ0n) is 25.3. The Morgan fingerprint density at radius 1 is 0.370 bits per heavy atom. The van der Waals surface area contributed by atoms with Crippen LogP contribution in [-0.4, -0.2) is 0 Å². The first-order valence-corrected chi connectivity index (χ1v) is 15.6. The van der Waals surface area contributed by atoms with Gasteiger partial charge in [0.1, 0.15) is 11.2 Å². The number of hydrogen-bond acceptors (Lipinski definition) is 2. The number of para-hydroxylation sites is 3. The van der Waals surface area contributed by atoms with Gasteiger partial charge in [-0.3, -0.25) is 0 Å². The van der Waals surface area contributed by atoms with Gasteiger partial charge in [-0.05, 0) is 70.3 Å². The second kappa shape index (κ2) is 12.1. The molecule has 0 bridgehead atoms. The molecule has 0 spiro atoms. The first kappa shape index (κ1) is 27.4. The van der Waals surface area contributed by atoms with Crippen LogP contribution in [0.15, 0.2) is 192 Å². The standard InChI is InChI=1S/C44H31NO/c1-5-17-32(18-6-1)43(33-19-7-2-8-20-33)44(34-21-9-3-10-22-34)38-26-13-15-27-40(38)45(35-23-11-4-12-24-35)36-29-30-42-39(31-36)37-25-14-16-28-41(37)46-42/h1-31H. The molecule has 0 N–H and O–H groups in total. The van der Waals surface area contributed by atoms with Crippen LogP contribution in [-0.2, 0) is 0 Å². The summed E-state index contributed by atoms with van der Waals surface area (Å²) in [5.41, 5.74) is 12.0. The molecular weight excluding hydrogens is 558 g/mol. The van der Waals surface area contributed by atoms with Crippen molar-refractivity contribution >= 4 is 50.1 Å². The Morgan fingerprint density at radius 3 is 1.52 bits per heavy atom. The number of rotatable bonds is 7. The first-order chi connectivity index (χ1) is 22.8.